The summed E-state index contributed by atoms with van der Waals surface area (Å²) in [6.07, 6.45) is 0. The van der Waals surface area contributed by atoms with Crippen LogP contribution in [0.5, 0.6) is 0 Å². The first kappa shape index (κ1) is 18.4. The number of sulfonamides is 1. The summed E-state index contributed by atoms with van der Waals surface area (Å²) in [6, 6.07) is 12.5. The molecule has 2 aromatic carbocycles. The standard InChI is InChI=1S/C18H17ClN2O4S/c1-18(2)11-26(24,25)21(17(18)23)15-9-3-12(4-10-15)16(22)20-14-7-5-13(19)6-8-14/h3-10H,11H2,1-2H3,(H,20,22). The number of nitrogens with zero attached hydrogens (tertiary/aromatic N) is 1. The van der Waals surface area contributed by atoms with Crippen molar-refractivity contribution < 1.29 is 18.0 Å². The maximum Gasteiger partial charge on any atom is 0.255 e. The van der Waals surface area contributed by atoms with Crippen LogP contribution in [-0.4, -0.2) is 26.0 Å². The van der Waals surface area contributed by atoms with Crippen LogP contribution < -0.4 is 9.62 Å². The third-order valence-corrected chi connectivity index (χ3v) is 6.32. The first-order valence-electron chi connectivity index (χ1n) is 7.85. The smallest absolute Gasteiger partial charge is 0.255 e. The largest absolute Gasteiger partial charge is 0.322 e. The van der Waals surface area contributed by atoms with E-state index in [9.17, 15) is 18.0 Å². The molecule has 3 rings (SSSR count). The number of hydrogen-bond donors (Lipinski definition) is 1. The van der Waals surface area contributed by atoms with Crippen molar-refractivity contribution in [3.05, 3.63) is 59.1 Å². The van der Waals surface area contributed by atoms with Crippen LogP contribution in [0.15, 0.2) is 48.5 Å². The normalized spacial score (nSPS) is 18.0. The van der Waals surface area contributed by atoms with Crippen LogP contribution in [0.4, 0.5) is 11.4 Å². The molecule has 0 unspecified atom stereocenters. The number of anilines is 2. The van der Waals surface area contributed by atoms with Crippen molar-refractivity contribution in [2.45, 2.75) is 13.8 Å². The summed E-state index contributed by atoms with van der Waals surface area (Å²) in [4.78, 5) is 24.7. The number of benzene rings is 2. The topological polar surface area (TPSA) is 83.6 Å². The Morgan fingerprint density at radius 3 is 2.15 bits per heavy atom. The van der Waals surface area contributed by atoms with Crippen LogP contribution in [0.1, 0.15) is 24.2 Å². The molecular weight excluding hydrogens is 376 g/mol. The lowest BCUT2D eigenvalue weighted by Crippen LogP contribution is -2.32. The molecule has 1 N–H and O–H groups in total. The Labute approximate surface area is 156 Å². The Hall–Kier alpha value is -2.38. The fraction of sp³-hybridized carbons (Fsp3) is 0.222. The van der Waals surface area contributed by atoms with Crippen LogP contribution in [0.2, 0.25) is 5.02 Å². The summed E-state index contributed by atoms with van der Waals surface area (Å²) in [6.45, 7) is 3.20. The van der Waals surface area contributed by atoms with E-state index in [4.69, 9.17) is 11.6 Å². The number of halogens is 1. The van der Waals surface area contributed by atoms with Crippen molar-refractivity contribution in [3.63, 3.8) is 0 Å². The summed E-state index contributed by atoms with van der Waals surface area (Å²) in [5.41, 5.74) is 0.182. The Morgan fingerprint density at radius 2 is 1.65 bits per heavy atom. The van der Waals surface area contributed by atoms with Gasteiger partial charge in [-0.15, -0.1) is 0 Å². The summed E-state index contributed by atoms with van der Waals surface area (Å²) >= 11 is 5.81. The van der Waals surface area contributed by atoms with Gasteiger partial charge in [-0.05, 0) is 62.4 Å². The number of nitrogens with one attached hydrogen (secondary N) is 1. The Kier molecular flexibility index (Phi) is 4.54. The Morgan fingerprint density at radius 1 is 1.08 bits per heavy atom. The van der Waals surface area contributed by atoms with Gasteiger partial charge in [0.25, 0.3) is 5.91 Å². The fourth-order valence-electron chi connectivity index (χ4n) is 2.75. The highest BCUT2D eigenvalue weighted by molar-refractivity contribution is 7.94. The summed E-state index contributed by atoms with van der Waals surface area (Å²) in [5, 5.41) is 3.28. The molecule has 0 aliphatic carbocycles. The molecule has 2 aromatic rings. The van der Waals surface area contributed by atoms with E-state index < -0.39 is 21.3 Å². The van der Waals surface area contributed by atoms with Gasteiger partial charge < -0.3 is 5.32 Å². The van der Waals surface area contributed by atoms with Crippen molar-refractivity contribution in [1.29, 1.82) is 0 Å². The predicted octanol–water partition coefficient (Wildman–Crippen LogP) is 3.29. The zero-order valence-corrected chi connectivity index (χ0v) is 15.8. The van der Waals surface area contributed by atoms with E-state index in [1.807, 2.05) is 0 Å². The van der Waals surface area contributed by atoms with Crippen molar-refractivity contribution >= 4 is 44.8 Å². The maximum absolute atomic E-state index is 12.4. The zero-order valence-electron chi connectivity index (χ0n) is 14.2. The summed E-state index contributed by atoms with van der Waals surface area (Å²) < 4.78 is 25.4. The van der Waals surface area contributed by atoms with Gasteiger partial charge in [0.05, 0.1) is 16.9 Å². The lowest BCUT2D eigenvalue weighted by Gasteiger charge is -2.17. The highest BCUT2D eigenvalue weighted by atomic mass is 35.5. The van der Waals surface area contributed by atoms with Crippen molar-refractivity contribution in [2.75, 3.05) is 15.4 Å². The number of carbonyl (C=O) groups excluding carboxylic acids is 2. The summed E-state index contributed by atoms with van der Waals surface area (Å²) in [5.74, 6) is -1.07. The van der Waals surface area contributed by atoms with Gasteiger partial charge in [0.2, 0.25) is 15.9 Å². The predicted molar refractivity (Wildman–Crippen MR) is 101 cm³/mol. The fourth-order valence-corrected chi connectivity index (χ4v) is 4.98. The van der Waals surface area contributed by atoms with Crippen molar-refractivity contribution in [2.24, 2.45) is 5.41 Å². The lowest BCUT2D eigenvalue weighted by molar-refractivity contribution is -0.123. The molecule has 1 saturated heterocycles. The van der Waals surface area contributed by atoms with E-state index in [1.165, 1.54) is 24.3 Å². The number of carbonyl (C=O) groups is 2. The molecule has 0 atom stereocenters. The number of amides is 2. The van der Waals surface area contributed by atoms with E-state index in [1.54, 1.807) is 38.1 Å². The molecule has 0 spiro atoms. The van der Waals surface area contributed by atoms with Gasteiger partial charge in [0.15, 0.2) is 0 Å². The minimum absolute atomic E-state index is 0.226. The zero-order chi connectivity index (χ0) is 19.1. The van der Waals surface area contributed by atoms with Gasteiger partial charge in [0, 0.05) is 16.3 Å². The van der Waals surface area contributed by atoms with Crippen LogP contribution in [-0.2, 0) is 14.8 Å². The van der Waals surface area contributed by atoms with Crippen molar-refractivity contribution in [1.82, 2.24) is 0 Å². The SMILES string of the molecule is CC1(C)CS(=O)(=O)N(c2ccc(C(=O)Nc3ccc(Cl)cc3)cc2)C1=O. The summed E-state index contributed by atoms with van der Waals surface area (Å²) in [7, 11) is -3.71. The van der Waals surface area contributed by atoms with Crippen LogP contribution in [0.3, 0.4) is 0 Å². The van der Waals surface area contributed by atoms with E-state index in [0.717, 1.165) is 4.31 Å². The van der Waals surface area contributed by atoms with E-state index in [2.05, 4.69) is 5.32 Å². The minimum Gasteiger partial charge on any atom is -0.322 e. The molecule has 8 heteroatoms. The van der Waals surface area contributed by atoms with Gasteiger partial charge in [-0.1, -0.05) is 11.6 Å². The highest BCUT2D eigenvalue weighted by Gasteiger charge is 2.49. The first-order chi connectivity index (χ1) is 12.1. The minimum atomic E-state index is -3.71. The van der Waals surface area contributed by atoms with Crippen molar-refractivity contribution in [3.8, 4) is 0 Å². The van der Waals surface area contributed by atoms with Gasteiger partial charge in [0.1, 0.15) is 0 Å². The van der Waals surface area contributed by atoms with Crippen LogP contribution in [0.25, 0.3) is 0 Å². The first-order valence-corrected chi connectivity index (χ1v) is 9.83. The van der Waals surface area contributed by atoms with E-state index in [0.29, 0.717) is 16.3 Å². The second-order valence-corrected chi connectivity index (χ2v) is 8.97. The average Bonchev–Trinajstić information content (AvgIpc) is 2.73. The Bertz CT molecular complexity index is 967. The molecule has 0 saturated carbocycles. The Balaban J connectivity index is 1.81. The molecule has 6 nitrogen and oxygen atoms in total. The molecule has 0 bridgehead atoms. The molecule has 0 radical (unpaired) electrons. The number of hydrogen-bond acceptors (Lipinski definition) is 4. The molecule has 1 fully saturated rings. The van der Waals surface area contributed by atoms with Gasteiger partial charge in [-0.2, -0.15) is 0 Å². The second kappa shape index (κ2) is 6.41. The quantitative estimate of drug-likeness (QED) is 0.868. The second-order valence-electron chi connectivity index (χ2n) is 6.72. The molecule has 1 aliphatic heterocycles. The van der Waals surface area contributed by atoms with Crippen LogP contribution in [0, 0.1) is 5.41 Å². The molecule has 136 valence electrons. The molecule has 26 heavy (non-hydrogen) atoms. The lowest BCUT2D eigenvalue weighted by atomic mass is 9.95. The van der Waals surface area contributed by atoms with E-state index in [-0.39, 0.29) is 17.3 Å². The molecule has 2 amide bonds. The van der Waals surface area contributed by atoms with Crippen LogP contribution >= 0.6 is 11.6 Å². The van der Waals surface area contributed by atoms with Gasteiger partial charge in [-0.25, -0.2) is 12.7 Å². The van der Waals surface area contributed by atoms with Gasteiger partial charge in [-0.3, -0.25) is 9.59 Å². The molecular formula is C18H17ClN2O4S. The third kappa shape index (κ3) is 3.45. The highest BCUT2D eigenvalue weighted by Crippen LogP contribution is 2.35. The third-order valence-electron chi connectivity index (χ3n) is 4.05. The molecule has 0 aromatic heterocycles. The molecule has 1 heterocycles. The van der Waals surface area contributed by atoms with Gasteiger partial charge >= 0.3 is 0 Å². The van der Waals surface area contributed by atoms with E-state index >= 15 is 0 Å². The maximum atomic E-state index is 12.4. The average molecular weight is 393 g/mol. The monoisotopic (exact) mass is 392 g/mol. The number of rotatable bonds is 3. The molecule has 1 aliphatic rings.